The predicted octanol–water partition coefficient (Wildman–Crippen LogP) is 3.16. The topological polar surface area (TPSA) is 112 Å². The number of hydrogen-bond acceptors (Lipinski definition) is 5. The molecule has 2 aromatic carbocycles. The summed E-state index contributed by atoms with van der Waals surface area (Å²) < 4.78 is 0. The van der Waals surface area contributed by atoms with Crippen molar-refractivity contribution in [2.45, 2.75) is 12.8 Å². The van der Waals surface area contributed by atoms with Gasteiger partial charge < -0.3 is 15.8 Å². The number of pyridine rings is 1. The van der Waals surface area contributed by atoms with Gasteiger partial charge in [-0.1, -0.05) is 18.2 Å². The van der Waals surface area contributed by atoms with Crippen molar-refractivity contribution in [2.75, 3.05) is 12.3 Å². The standard InChI is InChI=1S/C20H17N5O/c21-11-12-3-1-4-13(9-12)14-6-7-15-16(10-14)23-20(22)19-18(15)24-17(25-19)5-2-8-26/h1,3-4,6-7,9-10,26H,2,5,8H2,(H2,22,23)(H,24,25). The Morgan fingerprint density at radius 2 is 1.96 bits per heavy atom. The first-order valence-corrected chi connectivity index (χ1v) is 8.39. The molecule has 128 valence electrons. The number of nitrogens with zero attached hydrogens (tertiary/aromatic N) is 3. The third-order valence-corrected chi connectivity index (χ3v) is 4.40. The van der Waals surface area contributed by atoms with Crippen molar-refractivity contribution in [1.29, 1.82) is 5.26 Å². The van der Waals surface area contributed by atoms with Crippen LogP contribution in [0.3, 0.4) is 0 Å². The molecule has 26 heavy (non-hydrogen) atoms. The van der Waals surface area contributed by atoms with E-state index < -0.39 is 0 Å². The molecule has 4 N–H and O–H groups in total. The van der Waals surface area contributed by atoms with Crippen molar-refractivity contribution in [1.82, 2.24) is 15.0 Å². The van der Waals surface area contributed by atoms with E-state index in [9.17, 15) is 0 Å². The molecule has 6 heteroatoms. The number of benzene rings is 2. The summed E-state index contributed by atoms with van der Waals surface area (Å²) in [6.07, 6.45) is 1.30. The third kappa shape index (κ3) is 2.75. The first-order valence-electron chi connectivity index (χ1n) is 8.39. The average Bonchev–Trinajstić information content (AvgIpc) is 3.11. The minimum Gasteiger partial charge on any atom is -0.396 e. The number of imidazole rings is 1. The van der Waals surface area contributed by atoms with Crippen molar-refractivity contribution < 1.29 is 5.11 Å². The molecule has 4 aromatic rings. The molecule has 0 fully saturated rings. The molecule has 0 amide bonds. The summed E-state index contributed by atoms with van der Waals surface area (Å²) in [5, 5.41) is 19.0. The number of H-pyrrole nitrogens is 1. The average molecular weight is 343 g/mol. The fraction of sp³-hybridized carbons (Fsp3) is 0.150. The van der Waals surface area contributed by atoms with E-state index in [-0.39, 0.29) is 6.61 Å². The highest BCUT2D eigenvalue weighted by Crippen LogP contribution is 2.30. The largest absolute Gasteiger partial charge is 0.396 e. The molecule has 4 rings (SSSR count). The summed E-state index contributed by atoms with van der Waals surface area (Å²) in [7, 11) is 0. The van der Waals surface area contributed by atoms with Gasteiger partial charge in [-0.25, -0.2) is 9.97 Å². The number of hydrogen-bond donors (Lipinski definition) is 3. The smallest absolute Gasteiger partial charge is 0.150 e. The first-order chi connectivity index (χ1) is 12.7. The van der Waals surface area contributed by atoms with Crippen molar-refractivity contribution in [2.24, 2.45) is 0 Å². The Kier molecular flexibility index (Phi) is 3.99. The number of aliphatic hydroxyl groups excluding tert-OH is 1. The zero-order valence-corrected chi connectivity index (χ0v) is 14.0. The number of nitrogens with one attached hydrogen (secondary N) is 1. The Morgan fingerprint density at radius 1 is 1.12 bits per heavy atom. The van der Waals surface area contributed by atoms with E-state index >= 15 is 0 Å². The molecule has 0 unspecified atom stereocenters. The van der Waals surface area contributed by atoms with Crippen LogP contribution in [0.4, 0.5) is 5.82 Å². The summed E-state index contributed by atoms with van der Waals surface area (Å²) in [6, 6.07) is 15.6. The Bertz CT molecular complexity index is 1160. The number of nitrogen functional groups attached to an aromatic ring is 1. The van der Waals surface area contributed by atoms with Crippen LogP contribution < -0.4 is 5.73 Å². The lowest BCUT2D eigenvalue weighted by Gasteiger charge is -2.06. The SMILES string of the molecule is N#Cc1cccc(-c2ccc3c(c2)nc(N)c2[nH]c(CCCO)nc23)c1. The molecule has 2 aromatic heterocycles. The summed E-state index contributed by atoms with van der Waals surface area (Å²) in [5.74, 6) is 1.19. The van der Waals surface area contributed by atoms with Gasteiger partial charge in [-0.15, -0.1) is 0 Å². The molecule has 0 aliphatic heterocycles. The normalized spacial score (nSPS) is 11.1. The molecule has 0 bridgehead atoms. The summed E-state index contributed by atoms with van der Waals surface area (Å²) in [6.45, 7) is 0.122. The van der Waals surface area contributed by atoms with E-state index in [1.807, 2.05) is 36.4 Å². The second-order valence-corrected chi connectivity index (χ2v) is 6.16. The van der Waals surface area contributed by atoms with Gasteiger partial charge in [0.15, 0.2) is 0 Å². The zero-order chi connectivity index (χ0) is 18.1. The zero-order valence-electron chi connectivity index (χ0n) is 14.0. The minimum absolute atomic E-state index is 0.122. The maximum absolute atomic E-state index is 9.09. The van der Waals surface area contributed by atoms with Gasteiger partial charge in [0.2, 0.25) is 0 Å². The molecule has 0 saturated heterocycles. The van der Waals surface area contributed by atoms with Gasteiger partial charge in [-0.2, -0.15) is 5.26 Å². The van der Waals surface area contributed by atoms with Crippen LogP contribution in [-0.4, -0.2) is 26.7 Å². The molecule has 2 heterocycles. The Morgan fingerprint density at radius 3 is 2.77 bits per heavy atom. The van der Waals surface area contributed by atoms with Gasteiger partial charge in [-0.05, 0) is 41.8 Å². The van der Waals surface area contributed by atoms with E-state index in [2.05, 4.69) is 21.0 Å². The Hall–Kier alpha value is -3.43. The van der Waals surface area contributed by atoms with Gasteiger partial charge in [0, 0.05) is 18.4 Å². The summed E-state index contributed by atoms with van der Waals surface area (Å²) >= 11 is 0. The number of nitriles is 1. The van der Waals surface area contributed by atoms with E-state index in [1.165, 1.54) is 0 Å². The fourth-order valence-corrected chi connectivity index (χ4v) is 3.13. The van der Waals surface area contributed by atoms with Crippen LogP contribution in [0.5, 0.6) is 0 Å². The first kappa shape index (κ1) is 16.1. The molecule has 0 radical (unpaired) electrons. The van der Waals surface area contributed by atoms with Crippen molar-refractivity contribution in [3.63, 3.8) is 0 Å². The van der Waals surface area contributed by atoms with Crippen molar-refractivity contribution >= 4 is 27.8 Å². The molecular formula is C20H17N5O. The van der Waals surface area contributed by atoms with Crippen molar-refractivity contribution in [3.05, 3.63) is 53.9 Å². The maximum atomic E-state index is 9.09. The van der Waals surface area contributed by atoms with Gasteiger partial charge in [0.25, 0.3) is 0 Å². The lowest BCUT2D eigenvalue weighted by molar-refractivity contribution is 0.287. The number of rotatable bonds is 4. The van der Waals surface area contributed by atoms with E-state index in [1.54, 1.807) is 6.07 Å². The second-order valence-electron chi connectivity index (χ2n) is 6.16. The number of aliphatic hydroxyl groups is 1. The minimum atomic E-state index is 0.122. The van der Waals surface area contributed by atoms with E-state index in [0.717, 1.165) is 38.9 Å². The van der Waals surface area contributed by atoms with Crippen molar-refractivity contribution in [3.8, 4) is 17.2 Å². The maximum Gasteiger partial charge on any atom is 0.150 e. The van der Waals surface area contributed by atoms with Crippen LogP contribution in [0.2, 0.25) is 0 Å². The third-order valence-electron chi connectivity index (χ3n) is 4.40. The number of nitrogens with two attached hydrogens (primary N) is 1. The molecule has 0 saturated carbocycles. The Labute approximate surface area is 149 Å². The second kappa shape index (κ2) is 6.47. The molecule has 0 atom stereocenters. The van der Waals surface area contributed by atoms with E-state index in [4.69, 9.17) is 16.1 Å². The van der Waals surface area contributed by atoms with Crippen LogP contribution >= 0.6 is 0 Å². The molecule has 6 nitrogen and oxygen atoms in total. The highest BCUT2D eigenvalue weighted by Gasteiger charge is 2.12. The summed E-state index contributed by atoms with van der Waals surface area (Å²) in [4.78, 5) is 12.4. The van der Waals surface area contributed by atoms with Gasteiger partial charge >= 0.3 is 0 Å². The van der Waals surface area contributed by atoms with Gasteiger partial charge in [0.05, 0.1) is 17.1 Å². The molecule has 0 aliphatic carbocycles. The number of aromatic nitrogens is 3. The monoisotopic (exact) mass is 343 g/mol. The molecular weight excluding hydrogens is 326 g/mol. The predicted molar refractivity (Wildman–Crippen MR) is 101 cm³/mol. The van der Waals surface area contributed by atoms with Crippen LogP contribution in [0, 0.1) is 11.3 Å². The Balaban J connectivity index is 1.86. The lowest BCUT2D eigenvalue weighted by atomic mass is 10.0. The highest BCUT2D eigenvalue weighted by atomic mass is 16.2. The number of fused-ring (bicyclic) bond motifs is 3. The number of aromatic amines is 1. The molecule has 0 aliphatic rings. The summed E-state index contributed by atoms with van der Waals surface area (Å²) in [5.41, 5.74) is 10.9. The number of aryl methyl sites for hydroxylation is 1. The lowest BCUT2D eigenvalue weighted by Crippen LogP contribution is -1.93. The molecule has 0 spiro atoms. The van der Waals surface area contributed by atoms with E-state index in [0.29, 0.717) is 24.2 Å². The van der Waals surface area contributed by atoms with Crippen LogP contribution in [0.15, 0.2) is 42.5 Å². The van der Waals surface area contributed by atoms with Crippen LogP contribution in [0.1, 0.15) is 17.8 Å². The highest BCUT2D eigenvalue weighted by molar-refractivity contribution is 6.07. The van der Waals surface area contributed by atoms with Gasteiger partial charge in [0.1, 0.15) is 22.7 Å². The van der Waals surface area contributed by atoms with Crippen LogP contribution in [-0.2, 0) is 6.42 Å². The van der Waals surface area contributed by atoms with Crippen LogP contribution in [0.25, 0.3) is 33.1 Å². The quantitative estimate of drug-likeness (QED) is 0.527. The number of anilines is 1. The van der Waals surface area contributed by atoms with Gasteiger partial charge in [-0.3, -0.25) is 0 Å². The fourth-order valence-electron chi connectivity index (χ4n) is 3.13.